The fourth-order valence-corrected chi connectivity index (χ4v) is 3.28. The van der Waals surface area contributed by atoms with E-state index in [1.165, 1.54) is 4.90 Å². The molecule has 3 heterocycles. The van der Waals surface area contributed by atoms with Crippen molar-refractivity contribution in [1.29, 1.82) is 0 Å². The largest absolute Gasteiger partial charge is 0.443 e. The number of halogens is 1. The van der Waals surface area contributed by atoms with Gasteiger partial charge in [-0.25, -0.2) is 19.7 Å². The molecule has 0 saturated heterocycles. The number of imide groups is 1. The molecule has 3 rings (SSSR count). The number of amides is 2. The number of aromatic nitrogens is 3. The Morgan fingerprint density at radius 3 is 2.63 bits per heavy atom. The van der Waals surface area contributed by atoms with Gasteiger partial charge in [0.2, 0.25) is 5.95 Å². The Morgan fingerprint density at radius 2 is 2.03 bits per heavy atom. The summed E-state index contributed by atoms with van der Waals surface area (Å²) in [5.74, 6) is -0.185. The number of hydrogen-bond donors (Lipinski definition) is 1. The van der Waals surface area contributed by atoms with Gasteiger partial charge in [0.05, 0.1) is 17.0 Å². The lowest BCUT2D eigenvalue weighted by Crippen LogP contribution is -2.44. The van der Waals surface area contributed by atoms with Gasteiger partial charge in [0.1, 0.15) is 5.60 Å². The summed E-state index contributed by atoms with van der Waals surface area (Å²) >= 11 is 0. The van der Waals surface area contributed by atoms with Gasteiger partial charge >= 0.3 is 6.09 Å². The summed E-state index contributed by atoms with van der Waals surface area (Å²) < 4.78 is 7.48. The van der Waals surface area contributed by atoms with Gasteiger partial charge in [-0.3, -0.25) is 4.79 Å². The molecule has 0 unspecified atom stereocenters. The second kappa shape index (κ2) is 9.13. The van der Waals surface area contributed by atoms with Crippen molar-refractivity contribution >= 4 is 34.9 Å². The maximum Gasteiger partial charge on any atom is 0.417 e. The number of ether oxygens (including phenoxy) is 1. The first-order valence-electron chi connectivity index (χ1n) is 9.57. The number of fused-ring (bicyclic) bond motifs is 1. The van der Waals surface area contributed by atoms with E-state index in [4.69, 9.17) is 10.5 Å². The normalized spacial score (nSPS) is 13.8. The summed E-state index contributed by atoms with van der Waals surface area (Å²) in [4.78, 5) is 37.1. The molecule has 2 aromatic heterocycles. The standard InChI is InChI=1S/C20H28N6O3.BrH/c1-20(2,3)29-19(28)26-9-7-15-13(17(26)27)12-16(25(15)11-10-24(4)5)14-6-8-22-18(21)23-14;/h6,8,12H,7,9-11H2,1-5H3,(H2,21,22,23);1H. The lowest BCUT2D eigenvalue weighted by Gasteiger charge is -2.29. The van der Waals surface area contributed by atoms with Crippen LogP contribution >= 0.6 is 17.0 Å². The van der Waals surface area contributed by atoms with Crippen LogP contribution in [0.25, 0.3) is 11.4 Å². The highest BCUT2D eigenvalue weighted by Crippen LogP contribution is 2.30. The Hall–Kier alpha value is -2.46. The number of hydrogen-bond acceptors (Lipinski definition) is 7. The van der Waals surface area contributed by atoms with Crippen molar-refractivity contribution in [2.75, 3.05) is 32.9 Å². The number of carbonyl (C=O) groups is 2. The number of nitrogens with zero attached hydrogens (tertiary/aromatic N) is 5. The Balaban J connectivity index is 0.00000320. The number of carbonyl (C=O) groups excluding carboxylic acids is 2. The zero-order valence-corrected chi connectivity index (χ0v) is 19.7. The molecule has 2 amide bonds. The van der Waals surface area contributed by atoms with Gasteiger partial charge in [-0.1, -0.05) is 0 Å². The minimum absolute atomic E-state index is 0. The molecule has 2 aromatic rings. The number of likely N-dealkylation sites (N-methyl/N-ethyl adjacent to an activating group) is 1. The quantitative estimate of drug-likeness (QED) is 0.716. The van der Waals surface area contributed by atoms with Crippen molar-refractivity contribution < 1.29 is 14.3 Å². The van der Waals surface area contributed by atoms with Gasteiger partial charge in [-0.2, -0.15) is 0 Å². The zero-order chi connectivity index (χ0) is 21.3. The molecule has 0 saturated carbocycles. The van der Waals surface area contributed by atoms with Crippen LogP contribution < -0.4 is 5.73 Å². The van der Waals surface area contributed by atoms with E-state index in [0.717, 1.165) is 17.9 Å². The predicted molar refractivity (Wildman–Crippen MR) is 120 cm³/mol. The van der Waals surface area contributed by atoms with Crippen molar-refractivity contribution in [3.05, 3.63) is 29.6 Å². The van der Waals surface area contributed by atoms with E-state index < -0.39 is 11.7 Å². The van der Waals surface area contributed by atoms with Crippen LogP contribution in [0.1, 0.15) is 36.8 Å². The van der Waals surface area contributed by atoms with Crippen molar-refractivity contribution in [2.24, 2.45) is 0 Å². The van der Waals surface area contributed by atoms with Crippen LogP contribution in [0.4, 0.5) is 10.7 Å². The molecule has 0 aromatic carbocycles. The molecular weight excluding hydrogens is 452 g/mol. The maximum atomic E-state index is 13.1. The SMILES string of the molecule is Br.CN(C)CCn1c(-c2ccnc(N)n2)cc2c1CCN(C(=O)OC(C)(C)C)C2=O. The molecule has 0 fully saturated rings. The maximum absolute atomic E-state index is 13.1. The van der Waals surface area contributed by atoms with E-state index in [1.54, 1.807) is 39.1 Å². The number of rotatable bonds is 4. The molecule has 2 N–H and O–H groups in total. The van der Waals surface area contributed by atoms with Crippen LogP contribution in [0.3, 0.4) is 0 Å². The fraction of sp³-hybridized carbons (Fsp3) is 0.500. The number of nitrogens with two attached hydrogens (primary N) is 1. The third kappa shape index (κ3) is 5.17. The Morgan fingerprint density at radius 1 is 1.33 bits per heavy atom. The molecule has 0 aliphatic carbocycles. The van der Waals surface area contributed by atoms with Gasteiger partial charge in [0.25, 0.3) is 5.91 Å². The molecule has 9 nitrogen and oxygen atoms in total. The van der Waals surface area contributed by atoms with Crippen LogP contribution in [0.5, 0.6) is 0 Å². The number of anilines is 1. The van der Waals surface area contributed by atoms with E-state index >= 15 is 0 Å². The van der Waals surface area contributed by atoms with Gasteiger partial charge < -0.3 is 19.9 Å². The fourth-order valence-electron chi connectivity index (χ4n) is 3.28. The van der Waals surface area contributed by atoms with Crippen molar-refractivity contribution in [3.63, 3.8) is 0 Å². The first kappa shape index (κ1) is 23.8. The summed E-state index contributed by atoms with van der Waals surface area (Å²) in [5.41, 5.74) is 7.90. The summed E-state index contributed by atoms with van der Waals surface area (Å²) in [7, 11) is 3.99. The van der Waals surface area contributed by atoms with Gasteiger partial charge in [0.15, 0.2) is 0 Å². The molecule has 0 radical (unpaired) electrons. The van der Waals surface area contributed by atoms with Crippen molar-refractivity contribution in [2.45, 2.75) is 39.3 Å². The van der Waals surface area contributed by atoms with Crippen molar-refractivity contribution in [1.82, 2.24) is 24.3 Å². The molecule has 10 heteroatoms. The molecule has 1 aliphatic rings. The van der Waals surface area contributed by atoms with Crippen LogP contribution in [-0.2, 0) is 17.7 Å². The topological polar surface area (TPSA) is 107 Å². The number of nitrogen functional groups attached to an aromatic ring is 1. The van der Waals surface area contributed by atoms with E-state index in [1.807, 2.05) is 14.1 Å². The first-order chi connectivity index (χ1) is 13.6. The lowest BCUT2D eigenvalue weighted by molar-refractivity contribution is 0.0232. The lowest BCUT2D eigenvalue weighted by atomic mass is 10.1. The van der Waals surface area contributed by atoms with E-state index in [0.29, 0.717) is 24.2 Å². The summed E-state index contributed by atoms with van der Waals surface area (Å²) in [6.45, 7) is 7.08. The molecule has 164 valence electrons. The average Bonchev–Trinajstić information content (AvgIpc) is 2.98. The monoisotopic (exact) mass is 480 g/mol. The summed E-state index contributed by atoms with van der Waals surface area (Å²) in [6, 6.07) is 3.55. The van der Waals surface area contributed by atoms with Gasteiger partial charge in [-0.15, -0.1) is 17.0 Å². The second-order valence-electron chi connectivity index (χ2n) is 8.33. The first-order valence-corrected chi connectivity index (χ1v) is 9.57. The average molecular weight is 481 g/mol. The molecule has 30 heavy (non-hydrogen) atoms. The Labute approximate surface area is 187 Å². The van der Waals surface area contributed by atoms with Gasteiger partial charge in [0, 0.05) is 37.9 Å². The third-order valence-electron chi connectivity index (χ3n) is 4.58. The van der Waals surface area contributed by atoms with Gasteiger partial charge in [-0.05, 0) is 47.0 Å². The summed E-state index contributed by atoms with van der Waals surface area (Å²) in [5, 5.41) is 0. The highest BCUT2D eigenvalue weighted by Gasteiger charge is 2.35. The van der Waals surface area contributed by atoms with Crippen LogP contribution in [0.2, 0.25) is 0 Å². The zero-order valence-electron chi connectivity index (χ0n) is 18.0. The molecule has 0 bridgehead atoms. The third-order valence-corrected chi connectivity index (χ3v) is 4.58. The minimum atomic E-state index is -0.668. The predicted octanol–water partition coefficient (Wildman–Crippen LogP) is 2.60. The molecular formula is C20H29BrN6O3. The molecule has 0 spiro atoms. The van der Waals surface area contributed by atoms with E-state index in [9.17, 15) is 9.59 Å². The molecule has 0 atom stereocenters. The van der Waals surface area contributed by atoms with Crippen molar-refractivity contribution in [3.8, 4) is 11.4 Å². The Bertz CT molecular complexity index is 935. The smallest absolute Gasteiger partial charge is 0.417 e. The van der Waals surface area contributed by atoms with Crippen LogP contribution in [0, 0.1) is 0 Å². The molecule has 1 aliphatic heterocycles. The minimum Gasteiger partial charge on any atom is -0.443 e. The Kier molecular flexibility index (Phi) is 7.25. The van der Waals surface area contributed by atoms with Crippen LogP contribution in [0.15, 0.2) is 18.3 Å². The van der Waals surface area contributed by atoms with E-state index in [2.05, 4.69) is 19.4 Å². The highest BCUT2D eigenvalue weighted by molar-refractivity contribution is 8.93. The highest BCUT2D eigenvalue weighted by atomic mass is 79.9. The van der Waals surface area contributed by atoms with Crippen LogP contribution in [-0.4, -0.2) is 69.1 Å². The summed E-state index contributed by atoms with van der Waals surface area (Å²) in [6.07, 6.45) is 1.52. The van der Waals surface area contributed by atoms with E-state index in [-0.39, 0.29) is 35.4 Å². The second-order valence-corrected chi connectivity index (χ2v) is 8.33.